The minimum Gasteiger partial charge on any atom is -0.455 e. The fourth-order valence-electron chi connectivity index (χ4n) is 1.12. The Morgan fingerprint density at radius 3 is 2.59 bits per heavy atom. The highest BCUT2D eigenvalue weighted by molar-refractivity contribution is 9.09. The Morgan fingerprint density at radius 1 is 1.41 bits per heavy atom. The highest BCUT2D eigenvalue weighted by Gasteiger charge is 2.19. The van der Waals surface area contributed by atoms with Crippen molar-refractivity contribution in [2.45, 2.75) is 26.4 Å². The summed E-state index contributed by atoms with van der Waals surface area (Å²) in [6, 6.07) is 3.01. The minimum atomic E-state index is -0.575. The molecule has 5 heteroatoms. The predicted octanol–water partition coefficient (Wildman–Crippen LogP) is 2.61. The number of pyridine rings is 1. The molecule has 0 aliphatic rings. The van der Waals surface area contributed by atoms with Gasteiger partial charge in [-0.05, 0) is 32.9 Å². The normalized spacial score (nSPS) is 11.1. The third-order valence-electron chi connectivity index (χ3n) is 1.81. The molecular weight excluding hydrogens is 286 g/mol. The van der Waals surface area contributed by atoms with E-state index in [9.17, 15) is 9.59 Å². The van der Waals surface area contributed by atoms with E-state index >= 15 is 0 Å². The molecule has 0 saturated carbocycles. The van der Waals surface area contributed by atoms with Crippen LogP contribution < -0.4 is 0 Å². The number of rotatable bonds is 3. The van der Waals surface area contributed by atoms with Crippen molar-refractivity contribution in [1.82, 2.24) is 4.98 Å². The number of ether oxygens (including phenoxy) is 1. The first-order valence-corrected chi connectivity index (χ1v) is 6.24. The molecule has 0 atom stereocenters. The van der Waals surface area contributed by atoms with Gasteiger partial charge in [0.05, 0.1) is 5.33 Å². The lowest BCUT2D eigenvalue weighted by Crippen LogP contribution is -2.24. The Kier molecular flexibility index (Phi) is 4.40. The molecule has 0 saturated heterocycles. The molecule has 0 bridgehead atoms. The fourth-order valence-corrected chi connectivity index (χ4v) is 1.45. The van der Waals surface area contributed by atoms with Gasteiger partial charge in [0.15, 0.2) is 5.78 Å². The van der Waals surface area contributed by atoms with E-state index in [-0.39, 0.29) is 16.8 Å². The number of esters is 1. The van der Waals surface area contributed by atoms with Gasteiger partial charge in [0.25, 0.3) is 0 Å². The second-order valence-electron chi connectivity index (χ2n) is 4.49. The largest absolute Gasteiger partial charge is 0.455 e. The Balaban J connectivity index is 2.92. The number of hydrogen-bond acceptors (Lipinski definition) is 4. The van der Waals surface area contributed by atoms with Crippen molar-refractivity contribution < 1.29 is 14.3 Å². The van der Waals surface area contributed by atoms with Crippen molar-refractivity contribution in [3.8, 4) is 0 Å². The number of carbonyl (C=O) groups is 2. The number of Topliss-reactive ketones (excluding diaryl/α,β-unsaturated/α-hetero) is 1. The van der Waals surface area contributed by atoms with Gasteiger partial charge >= 0.3 is 5.97 Å². The van der Waals surface area contributed by atoms with Crippen molar-refractivity contribution in [1.29, 1.82) is 0 Å². The maximum absolute atomic E-state index is 11.7. The summed E-state index contributed by atoms with van der Waals surface area (Å²) in [6.07, 6.45) is 1.43. The zero-order chi connectivity index (χ0) is 13.1. The van der Waals surface area contributed by atoms with E-state index in [1.54, 1.807) is 26.8 Å². The van der Waals surface area contributed by atoms with E-state index in [4.69, 9.17) is 4.74 Å². The number of aromatic nitrogens is 1. The summed E-state index contributed by atoms with van der Waals surface area (Å²) in [4.78, 5) is 27.1. The van der Waals surface area contributed by atoms with Crippen LogP contribution in [0.3, 0.4) is 0 Å². The molecule has 0 aliphatic heterocycles. The van der Waals surface area contributed by atoms with Gasteiger partial charge in [-0.3, -0.25) is 4.79 Å². The zero-order valence-corrected chi connectivity index (χ0v) is 11.6. The molecule has 0 N–H and O–H groups in total. The summed E-state index contributed by atoms with van der Waals surface area (Å²) in [7, 11) is 0. The molecule has 0 amide bonds. The van der Waals surface area contributed by atoms with Crippen molar-refractivity contribution >= 4 is 27.7 Å². The highest BCUT2D eigenvalue weighted by atomic mass is 79.9. The van der Waals surface area contributed by atoms with Gasteiger partial charge in [-0.25, -0.2) is 9.78 Å². The van der Waals surface area contributed by atoms with Crippen molar-refractivity contribution in [2.24, 2.45) is 0 Å². The molecule has 1 heterocycles. The van der Waals surface area contributed by atoms with E-state index in [1.165, 1.54) is 12.3 Å². The molecular formula is C12H14BrNO3. The van der Waals surface area contributed by atoms with Crippen LogP contribution in [0.2, 0.25) is 0 Å². The van der Waals surface area contributed by atoms with Crippen LogP contribution >= 0.6 is 15.9 Å². The van der Waals surface area contributed by atoms with Gasteiger partial charge in [0, 0.05) is 11.8 Å². The molecule has 0 aromatic carbocycles. The van der Waals surface area contributed by atoms with Crippen molar-refractivity contribution in [3.05, 3.63) is 29.6 Å². The first-order chi connectivity index (χ1) is 7.83. The maximum Gasteiger partial charge on any atom is 0.357 e. The molecule has 1 aromatic rings. The van der Waals surface area contributed by atoms with Crippen LogP contribution in [0.25, 0.3) is 0 Å². The molecule has 17 heavy (non-hydrogen) atoms. The van der Waals surface area contributed by atoms with Crippen LogP contribution in [-0.4, -0.2) is 27.7 Å². The molecule has 0 unspecified atom stereocenters. The summed E-state index contributed by atoms with van der Waals surface area (Å²) in [5.41, 5.74) is 0.0123. The average molecular weight is 300 g/mol. The van der Waals surface area contributed by atoms with Crippen molar-refractivity contribution in [2.75, 3.05) is 5.33 Å². The molecule has 1 aromatic heterocycles. The predicted molar refractivity (Wildman–Crippen MR) is 67.5 cm³/mol. The molecule has 1 rings (SSSR count). The summed E-state index contributed by atoms with van der Waals surface area (Å²) in [6.45, 7) is 5.33. The lowest BCUT2D eigenvalue weighted by Gasteiger charge is -2.19. The molecule has 0 spiro atoms. The monoisotopic (exact) mass is 299 g/mol. The van der Waals surface area contributed by atoms with Crippen LogP contribution in [0.15, 0.2) is 18.3 Å². The molecule has 4 nitrogen and oxygen atoms in total. The highest BCUT2D eigenvalue weighted by Crippen LogP contribution is 2.12. The number of carbonyl (C=O) groups excluding carboxylic acids is 2. The smallest absolute Gasteiger partial charge is 0.357 e. The first-order valence-electron chi connectivity index (χ1n) is 5.12. The van der Waals surface area contributed by atoms with E-state index in [0.717, 1.165) is 0 Å². The summed E-state index contributed by atoms with van der Waals surface area (Å²) >= 11 is 3.08. The fraction of sp³-hybridized carbons (Fsp3) is 0.417. The second kappa shape index (κ2) is 5.40. The van der Waals surface area contributed by atoms with E-state index in [2.05, 4.69) is 20.9 Å². The number of nitrogens with zero attached hydrogens (tertiary/aromatic N) is 1. The average Bonchev–Trinajstić information content (AvgIpc) is 2.26. The molecule has 0 aliphatic carbocycles. The van der Waals surface area contributed by atoms with Gasteiger partial charge in [0.2, 0.25) is 0 Å². The second-order valence-corrected chi connectivity index (χ2v) is 5.05. The lowest BCUT2D eigenvalue weighted by molar-refractivity contribution is 0.00628. The summed E-state index contributed by atoms with van der Waals surface area (Å²) in [5, 5.41) is 0.213. The van der Waals surface area contributed by atoms with Gasteiger partial charge < -0.3 is 4.74 Å². The van der Waals surface area contributed by atoms with Gasteiger partial charge in [-0.1, -0.05) is 15.9 Å². The van der Waals surface area contributed by atoms with Gasteiger partial charge in [0.1, 0.15) is 11.3 Å². The number of alkyl halides is 1. The van der Waals surface area contributed by atoms with Crippen molar-refractivity contribution in [3.63, 3.8) is 0 Å². The Labute approximate surface area is 109 Å². The van der Waals surface area contributed by atoms with Crippen LogP contribution in [-0.2, 0) is 4.74 Å². The third-order valence-corrected chi connectivity index (χ3v) is 2.32. The SMILES string of the molecule is CC(C)(C)OC(=O)c1cc(C(=O)CBr)ccn1. The van der Waals surface area contributed by atoms with Crippen LogP contribution in [0, 0.1) is 0 Å². The summed E-state index contributed by atoms with van der Waals surface area (Å²) in [5.74, 6) is -0.626. The van der Waals surface area contributed by atoms with Gasteiger partial charge in [-0.2, -0.15) is 0 Å². The minimum absolute atomic E-state index is 0.0998. The zero-order valence-electron chi connectivity index (χ0n) is 9.99. The van der Waals surface area contributed by atoms with Crippen LogP contribution in [0.4, 0.5) is 0 Å². The van der Waals surface area contributed by atoms with E-state index < -0.39 is 11.6 Å². The maximum atomic E-state index is 11.7. The van der Waals surface area contributed by atoms with E-state index in [1.807, 2.05) is 0 Å². The topological polar surface area (TPSA) is 56.3 Å². The third kappa shape index (κ3) is 4.26. The lowest BCUT2D eigenvalue weighted by atomic mass is 10.1. The Bertz CT molecular complexity index is 438. The molecule has 0 fully saturated rings. The Hall–Kier alpha value is -1.23. The Morgan fingerprint density at radius 2 is 2.06 bits per heavy atom. The molecule has 92 valence electrons. The standard InChI is InChI=1S/C12H14BrNO3/c1-12(2,3)17-11(16)9-6-8(4-5-14-9)10(15)7-13/h4-6H,7H2,1-3H3. The quantitative estimate of drug-likeness (QED) is 0.489. The number of hydrogen-bond donors (Lipinski definition) is 0. The molecule has 0 radical (unpaired) electrons. The number of halogens is 1. The van der Waals surface area contributed by atoms with Crippen LogP contribution in [0.1, 0.15) is 41.6 Å². The first kappa shape index (κ1) is 13.8. The van der Waals surface area contributed by atoms with Gasteiger partial charge in [-0.15, -0.1) is 0 Å². The summed E-state index contributed by atoms with van der Waals surface area (Å²) < 4.78 is 5.17. The van der Waals surface area contributed by atoms with E-state index in [0.29, 0.717) is 5.56 Å². The number of ketones is 1. The van der Waals surface area contributed by atoms with Crippen LogP contribution in [0.5, 0.6) is 0 Å².